The highest BCUT2D eigenvalue weighted by atomic mass is 19.1. The third-order valence-corrected chi connectivity index (χ3v) is 6.41. The molecule has 0 saturated heterocycles. The Labute approximate surface area is 214 Å². The predicted molar refractivity (Wildman–Crippen MR) is 140 cm³/mol. The highest BCUT2D eigenvalue weighted by Gasteiger charge is 2.24. The smallest absolute Gasteiger partial charge is 0.274 e. The van der Waals surface area contributed by atoms with Crippen LogP contribution < -0.4 is 10.5 Å². The molecule has 0 atom stereocenters. The number of imidazole rings is 1. The number of hydrogen-bond donors (Lipinski definition) is 1. The van der Waals surface area contributed by atoms with Crippen molar-refractivity contribution in [2.45, 2.75) is 13.8 Å². The lowest BCUT2D eigenvalue weighted by molar-refractivity contribution is -0.385. The van der Waals surface area contributed by atoms with Gasteiger partial charge in [0.2, 0.25) is 5.88 Å². The molecule has 0 bridgehead atoms. The van der Waals surface area contributed by atoms with E-state index < -0.39 is 10.7 Å². The van der Waals surface area contributed by atoms with E-state index in [9.17, 15) is 10.1 Å². The average Bonchev–Trinajstić information content (AvgIpc) is 3.45. The Hall–Kier alpha value is -5.32. The van der Waals surface area contributed by atoms with Crippen LogP contribution >= 0.6 is 0 Å². The zero-order valence-electron chi connectivity index (χ0n) is 20.3. The number of fused-ring (bicyclic) bond motifs is 3. The molecule has 0 fully saturated rings. The molecular weight excluding hydrogens is 489 g/mol. The summed E-state index contributed by atoms with van der Waals surface area (Å²) < 4.78 is 24.7. The molecule has 0 aliphatic carbocycles. The van der Waals surface area contributed by atoms with Crippen LogP contribution in [0.25, 0.3) is 33.5 Å². The maximum absolute atomic E-state index is 15.4. The Kier molecular flexibility index (Phi) is 5.26. The molecule has 2 N–H and O–H groups in total. The van der Waals surface area contributed by atoms with Crippen molar-refractivity contribution in [3.63, 3.8) is 0 Å². The van der Waals surface area contributed by atoms with Crippen LogP contribution in [0.2, 0.25) is 0 Å². The lowest BCUT2D eigenvalue weighted by atomic mass is 10.0. The van der Waals surface area contributed by atoms with Crippen LogP contribution in [0.4, 0.5) is 15.9 Å². The molecule has 6 rings (SSSR count). The first-order chi connectivity index (χ1) is 18.3. The first kappa shape index (κ1) is 23.1. The number of ether oxygens (including phenoxy) is 1. The highest BCUT2D eigenvalue weighted by Crippen LogP contribution is 2.40. The molecule has 10 nitrogen and oxygen atoms in total. The van der Waals surface area contributed by atoms with Crippen molar-refractivity contribution in [1.29, 1.82) is 0 Å². The maximum atomic E-state index is 15.4. The number of nitro groups is 1. The molecule has 2 aromatic carbocycles. The number of anilines is 1. The van der Waals surface area contributed by atoms with E-state index in [0.29, 0.717) is 39.1 Å². The Morgan fingerprint density at radius 3 is 2.63 bits per heavy atom. The standard InChI is InChI=1S/C27H20FN7O3/c1-15-5-3-8-22(32-15)38-21-10-9-17(13-18(21)28)23-24-25(29)30-14-31-26(24)34-12-11-33(27(23)34)19-6-4-7-20(16(19)2)35(36)37/h3-14H,1-2H3,(H2,29,30,31). The van der Waals surface area contributed by atoms with Gasteiger partial charge in [0.15, 0.2) is 17.2 Å². The van der Waals surface area contributed by atoms with Crippen LogP contribution in [-0.2, 0) is 0 Å². The van der Waals surface area contributed by atoms with Gasteiger partial charge in [0.1, 0.15) is 17.8 Å². The first-order valence-corrected chi connectivity index (χ1v) is 11.6. The minimum absolute atomic E-state index is 0.0105. The van der Waals surface area contributed by atoms with Crippen molar-refractivity contribution >= 4 is 28.2 Å². The van der Waals surface area contributed by atoms with Crippen molar-refractivity contribution in [2.75, 3.05) is 5.73 Å². The maximum Gasteiger partial charge on any atom is 0.274 e. The van der Waals surface area contributed by atoms with E-state index in [4.69, 9.17) is 10.5 Å². The number of hydrogen-bond acceptors (Lipinski definition) is 7. The largest absolute Gasteiger partial charge is 0.436 e. The van der Waals surface area contributed by atoms with Gasteiger partial charge in [-0.3, -0.25) is 14.5 Å². The Morgan fingerprint density at radius 1 is 1.05 bits per heavy atom. The van der Waals surface area contributed by atoms with Crippen LogP contribution in [0.5, 0.6) is 11.6 Å². The van der Waals surface area contributed by atoms with Crippen LogP contribution in [0.3, 0.4) is 0 Å². The summed E-state index contributed by atoms with van der Waals surface area (Å²) in [5.41, 5.74) is 10.3. The topological polar surface area (TPSA) is 126 Å². The van der Waals surface area contributed by atoms with Crippen molar-refractivity contribution in [3.05, 3.63) is 101 Å². The molecule has 4 heterocycles. The molecule has 11 heteroatoms. The van der Waals surface area contributed by atoms with Gasteiger partial charge in [-0.2, -0.15) is 0 Å². The average molecular weight is 510 g/mol. The normalized spacial score (nSPS) is 11.3. The summed E-state index contributed by atoms with van der Waals surface area (Å²) in [6.45, 7) is 3.51. The number of aryl methyl sites for hydroxylation is 1. The fraction of sp³-hybridized carbons (Fsp3) is 0.0741. The van der Waals surface area contributed by atoms with E-state index in [1.165, 1.54) is 24.5 Å². The van der Waals surface area contributed by atoms with Gasteiger partial charge in [-0.25, -0.2) is 19.3 Å². The summed E-state index contributed by atoms with van der Waals surface area (Å²) in [5.74, 6) is -0.0826. The van der Waals surface area contributed by atoms with Crippen molar-refractivity contribution in [1.82, 2.24) is 23.9 Å². The van der Waals surface area contributed by atoms with E-state index in [2.05, 4.69) is 15.0 Å². The number of nitro benzene ring substituents is 1. The van der Waals surface area contributed by atoms with Crippen molar-refractivity contribution in [3.8, 4) is 28.4 Å². The molecular formula is C27H20FN7O3. The SMILES string of the molecule is Cc1cccc(Oc2ccc(-c3c4c(N)ncnc4n4ccn(-c5cccc([N+](=O)[O-])c5C)c34)cc2F)n1. The molecule has 0 aliphatic rings. The van der Waals surface area contributed by atoms with Gasteiger partial charge in [-0.15, -0.1) is 0 Å². The number of pyridine rings is 1. The number of rotatable bonds is 5. The quantitative estimate of drug-likeness (QED) is 0.231. The number of halogens is 1. The molecule has 6 aromatic rings. The van der Waals surface area contributed by atoms with Gasteiger partial charge >= 0.3 is 0 Å². The summed E-state index contributed by atoms with van der Waals surface area (Å²) in [5, 5.41) is 12.1. The lowest BCUT2D eigenvalue weighted by Gasteiger charge is -2.11. The second-order valence-corrected chi connectivity index (χ2v) is 8.74. The number of nitrogens with two attached hydrogens (primary N) is 1. The van der Waals surface area contributed by atoms with Crippen LogP contribution in [-0.4, -0.2) is 28.8 Å². The summed E-state index contributed by atoms with van der Waals surface area (Å²) >= 11 is 0. The van der Waals surface area contributed by atoms with Crippen LogP contribution in [0, 0.1) is 29.8 Å². The molecule has 4 aromatic heterocycles. The molecule has 38 heavy (non-hydrogen) atoms. The van der Waals surface area contributed by atoms with Crippen LogP contribution in [0.1, 0.15) is 11.3 Å². The van der Waals surface area contributed by atoms with E-state index in [1.807, 2.05) is 13.0 Å². The van der Waals surface area contributed by atoms with Crippen LogP contribution in [0.15, 0.2) is 73.3 Å². The summed E-state index contributed by atoms with van der Waals surface area (Å²) in [4.78, 5) is 24.0. The molecule has 0 unspecified atom stereocenters. The summed E-state index contributed by atoms with van der Waals surface area (Å²) in [7, 11) is 0. The van der Waals surface area contributed by atoms with E-state index >= 15 is 4.39 Å². The zero-order valence-corrected chi connectivity index (χ0v) is 20.3. The Balaban J connectivity index is 1.58. The number of aromatic nitrogens is 5. The molecule has 0 spiro atoms. The fourth-order valence-corrected chi connectivity index (χ4v) is 4.69. The van der Waals surface area contributed by atoms with E-state index in [0.717, 1.165) is 5.69 Å². The molecule has 188 valence electrons. The van der Waals surface area contributed by atoms with E-state index in [-0.39, 0.29) is 23.1 Å². The van der Waals surface area contributed by atoms with Gasteiger partial charge < -0.3 is 15.0 Å². The molecule has 0 amide bonds. The third-order valence-electron chi connectivity index (χ3n) is 6.41. The second kappa shape index (κ2) is 8.66. The fourth-order valence-electron chi connectivity index (χ4n) is 4.69. The molecule has 0 radical (unpaired) electrons. The number of nitrogens with zero attached hydrogens (tertiary/aromatic N) is 6. The minimum Gasteiger partial charge on any atom is -0.436 e. The minimum atomic E-state index is -0.599. The molecule has 0 aliphatic heterocycles. The first-order valence-electron chi connectivity index (χ1n) is 11.6. The van der Waals surface area contributed by atoms with E-state index in [1.54, 1.807) is 58.6 Å². The molecule has 0 saturated carbocycles. The van der Waals surface area contributed by atoms with Gasteiger partial charge in [0.05, 0.1) is 21.6 Å². The summed E-state index contributed by atoms with van der Waals surface area (Å²) in [6, 6.07) is 14.7. The summed E-state index contributed by atoms with van der Waals surface area (Å²) in [6.07, 6.45) is 4.92. The van der Waals surface area contributed by atoms with Gasteiger partial charge in [-0.05, 0) is 43.7 Å². The van der Waals surface area contributed by atoms with Gasteiger partial charge in [-0.1, -0.05) is 18.2 Å². The highest BCUT2D eigenvalue weighted by molar-refractivity contribution is 6.08. The number of benzene rings is 2. The Morgan fingerprint density at radius 2 is 1.87 bits per heavy atom. The van der Waals surface area contributed by atoms with Gasteiger partial charge in [0.25, 0.3) is 5.69 Å². The van der Waals surface area contributed by atoms with Crippen molar-refractivity contribution < 1.29 is 14.1 Å². The zero-order chi connectivity index (χ0) is 26.6. The predicted octanol–water partition coefficient (Wildman–Crippen LogP) is 5.77. The monoisotopic (exact) mass is 509 g/mol. The van der Waals surface area contributed by atoms with Crippen molar-refractivity contribution in [2.24, 2.45) is 0 Å². The Bertz CT molecular complexity index is 1890. The number of nitrogen functional groups attached to an aromatic ring is 1. The second-order valence-electron chi connectivity index (χ2n) is 8.74. The van der Waals surface area contributed by atoms with Gasteiger partial charge in [0, 0.05) is 35.8 Å². The lowest BCUT2D eigenvalue weighted by Crippen LogP contribution is -2.00. The third kappa shape index (κ3) is 3.60.